The maximum atomic E-state index is 6.74. The van der Waals surface area contributed by atoms with E-state index >= 15 is 0 Å². The molecule has 13 rings (SSSR count). The number of benzene rings is 9. The molecule has 0 amide bonds. The van der Waals surface area contributed by atoms with Gasteiger partial charge in [0.1, 0.15) is 22.2 Å². The molecule has 6 nitrogen and oxygen atoms in total. The number of nitrogens with zero attached hydrogens (tertiary/aromatic N) is 5. The molecule has 65 heavy (non-hydrogen) atoms. The van der Waals surface area contributed by atoms with Crippen molar-refractivity contribution in [1.82, 2.24) is 23.3 Å². The Morgan fingerprint density at radius 2 is 0.892 bits per heavy atom. The van der Waals surface area contributed by atoms with Crippen molar-refractivity contribution in [3.8, 4) is 73.0 Å². The van der Waals surface area contributed by atoms with Crippen molar-refractivity contribution in [1.29, 1.82) is 0 Å². The molecule has 0 aliphatic heterocycles. The van der Waals surface area contributed by atoms with E-state index in [4.69, 9.17) is 23.1 Å². The Balaban J connectivity index is 0.974. The van der Waals surface area contributed by atoms with Crippen LogP contribution in [0, 0.1) is 0 Å². The van der Waals surface area contributed by atoms with Crippen LogP contribution in [0.3, 0.4) is 0 Å². The van der Waals surface area contributed by atoms with Gasteiger partial charge in [-0.1, -0.05) is 152 Å². The number of furan rings is 1. The molecule has 4 heterocycles. The fourth-order valence-corrected chi connectivity index (χ4v) is 9.95. The summed E-state index contributed by atoms with van der Waals surface area (Å²) in [5.41, 5.74) is 17.9. The van der Waals surface area contributed by atoms with Gasteiger partial charge in [0.15, 0.2) is 5.82 Å². The van der Waals surface area contributed by atoms with Crippen molar-refractivity contribution in [2.45, 2.75) is 0 Å². The fraction of sp³-hybridized carbons (Fsp3) is 0. The lowest BCUT2D eigenvalue weighted by molar-refractivity contribution is 0.669. The van der Waals surface area contributed by atoms with Crippen LogP contribution in [0.4, 0.5) is 0 Å². The van der Waals surface area contributed by atoms with Gasteiger partial charge in [0.05, 0.1) is 34.1 Å². The van der Waals surface area contributed by atoms with Crippen LogP contribution >= 0.6 is 11.7 Å². The molecule has 0 spiro atoms. The highest BCUT2D eigenvalue weighted by Crippen LogP contribution is 2.43. The van der Waals surface area contributed by atoms with Crippen molar-refractivity contribution < 1.29 is 4.42 Å². The van der Waals surface area contributed by atoms with Gasteiger partial charge in [-0.2, -0.15) is 8.75 Å². The van der Waals surface area contributed by atoms with Gasteiger partial charge in [0, 0.05) is 49.5 Å². The molecular weight excluding hydrogens is 815 g/mol. The Kier molecular flexibility index (Phi) is 8.60. The Bertz CT molecular complexity index is 3820. The number of fused-ring (bicyclic) bond motifs is 8. The number of rotatable bonds is 7. The van der Waals surface area contributed by atoms with E-state index in [1.165, 1.54) is 11.7 Å². The zero-order chi connectivity index (χ0) is 42.8. The zero-order valence-electron chi connectivity index (χ0n) is 34.8. The summed E-state index contributed by atoms with van der Waals surface area (Å²) in [7, 11) is 0. The molecule has 7 heteroatoms. The monoisotopic (exact) mass is 849 g/mol. The van der Waals surface area contributed by atoms with Crippen LogP contribution in [0.15, 0.2) is 217 Å². The topological polar surface area (TPSA) is 69.6 Å². The maximum absolute atomic E-state index is 6.74. The molecule has 4 aromatic heterocycles. The van der Waals surface area contributed by atoms with E-state index in [-0.39, 0.29) is 0 Å². The number of hydrogen-bond acceptors (Lipinski definition) is 6. The van der Waals surface area contributed by atoms with E-state index in [0.29, 0.717) is 5.82 Å². The second-order valence-electron chi connectivity index (χ2n) is 16.4. The Morgan fingerprint density at radius 1 is 0.369 bits per heavy atom. The third kappa shape index (κ3) is 6.32. The smallest absolute Gasteiger partial charge is 0.160 e. The van der Waals surface area contributed by atoms with Gasteiger partial charge in [-0.15, -0.1) is 0 Å². The van der Waals surface area contributed by atoms with E-state index < -0.39 is 0 Å². The summed E-state index contributed by atoms with van der Waals surface area (Å²) >= 11 is 1.25. The normalized spacial score (nSPS) is 11.7. The van der Waals surface area contributed by atoms with Crippen LogP contribution in [-0.4, -0.2) is 23.3 Å². The molecule has 0 aliphatic carbocycles. The summed E-state index contributed by atoms with van der Waals surface area (Å²) in [6.07, 6.45) is 0. The third-order valence-electron chi connectivity index (χ3n) is 12.5. The van der Waals surface area contributed by atoms with Crippen molar-refractivity contribution in [3.05, 3.63) is 212 Å². The second-order valence-corrected chi connectivity index (χ2v) is 16.9. The highest BCUT2D eigenvalue weighted by molar-refractivity contribution is 7.00. The van der Waals surface area contributed by atoms with E-state index in [1.54, 1.807) is 0 Å². The molecular formula is C58H35N5OS. The molecule has 0 saturated heterocycles. The minimum Gasteiger partial charge on any atom is -0.456 e. The molecule has 0 atom stereocenters. The standard InChI is InChI=1S/C58H35N5OS/c1-5-15-36(16-6-1)42-29-43(37-17-7-2-8-18-37)31-44(30-42)63-51-24-14-13-23-47(51)55-52(63)34-48(56-57(55)62-65-61-56)40-25-27-45-46-28-26-41(33-54(46)64-53(45)32-40)58-59-49(38-19-9-3-10-20-38)35-50(60-58)39-21-11-4-12-22-39/h1-35H. The molecule has 13 aromatic rings. The summed E-state index contributed by atoms with van der Waals surface area (Å²) in [4.78, 5) is 10.2. The lowest BCUT2D eigenvalue weighted by atomic mass is 9.97. The van der Waals surface area contributed by atoms with Gasteiger partial charge in [0.2, 0.25) is 0 Å². The summed E-state index contributed by atoms with van der Waals surface area (Å²) in [6.45, 7) is 0. The number of para-hydroxylation sites is 1. The minimum atomic E-state index is 0.639. The number of aromatic nitrogens is 5. The van der Waals surface area contributed by atoms with Gasteiger partial charge in [-0.3, -0.25) is 0 Å². The fourth-order valence-electron chi connectivity index (χ4n) is 9.39. The average Bonchev–Trinajstić information content (AvgIpc) is 4.11. The van der Waals surface area contributed by atoms with Gasteiger partial charge in [0.25, 0.3) is 0 Å². The van der Waals surface area contributed by atoms with E-state index in [0.717, 1.165) is 122 Å². The Hall–Kier alpha value is -8.52. The summed E-state index contributed by atoms with van der Waals surface area (Å²) < 4.78 is 19.1. The molecule has 0 radical (unpaired) electrons. The number of hydrogen-bond donors (Lipinski definition) is 0. The highest BCUT2D eigenvalue weighted by Gasteiger charge is 2.22. The van der Waals surface area contributed by atoms with Crippen LogP contribution < -0.4 is 0 Å². The molecule has 0 bridgehead atoms. The van der Waals surface area contributed by atoms with Gasteiger partial charge in [-0.05, 0) is 88.5 Å². The lowest BCUT2D eigenvalue weighted by Crippen LogP contribution is -1.96. The molecule has 0 fully saturated rings. The predicted molar refractivity (Wildman–Crippen MR) is 267 cm³/mol. The van der Waals surface area contributed by atoms with Crippen LogP contribution in [0.1, 0.15) is 0 Å². The van der Waals surface area contributed by atoms with Crippen LogP contribution in [0.5, 0.6) is 0 Å². The van der Waals surface area contributed by atoms with Crippen molar-refractivity contribution in [2.75, 3.05) is 0 Å². The van der Waals surface area contributed by atoms with Crippen molar-refractivity contribution >= 4 is 66.5 Å². The molecule has 0 N–H and O–H groups in total. The maximum Gasteiger partial charge on any atom is 0.160 e. The van der Waals surface area contributed by atoms with Crippen molar-refractivity contribution in [2.24, 2.45) is 0 Å². The van der Waals surface area contributed by atoms with Gasteiger partial charge < -0.3 is 8.98 Å². The first-order chi connectivity index (χ1) is 32.2. The molecule has 0 saturated carbocycles. The summed E-state index contributed by atoms with van der Waals surface area (Å²) in [5, 5.41) is 4.29. The lowest BCUT2D eigenvalue weighted by Gasteiger charge is -2.14. The van der Waals surface area contributed by atoms with E-state index in [2.05, 4.69) is 180 Å². The first-order valence-electron chi connectivity index (χ1n) is 21.6. The predicted octanol–water partition coefficient (Wildman–Crippen LogP) is 15.5. The van der Waals surface area contributed by atoms with Crippen LogP contribution in [0.2, 0.25) is 0 Å². The first-order valence-corrected chi connectivity index (χ1v) is 22.3. The van der Waals surface area contributed by atoms with Gasteiger partial charge in [-0.25, -0.2) is 9.97 Å². The average molecular weight is 850 g/mol. The quantitative estimate of drug-likeness (QED) is 0.160. The molecule has 304 valence electrons. The van der Waals surface area contributed by atoms with E-state index in [9.17, 15) is 0 Å². The van der Waals surface area contributed by atoms with Crippen LogP contribution in [0.25, 0.3) is 128 Å². The van der Waals surface area contributed by atoms with Crippen molar-refractivity contribution in [3.63, 3.8) is 0 Å². The second kappa shape index (κ2) is 15.1. The summed E-state index contributed by atoms with van der Waals surface area (Å²) in [5.74, 6) is 0.639. The zero-order valence-corrected chi connectivity index (χ0v) is 35.6. The Labute approximate surface area is 377 Å². The molecule has 0 aliphatic rings. The highest BCUT2D eigenvalue weighted by atomic mass is 32.1. The van der Waals surface area contributed by atoms with Crippen LogP contribution in [-0.2, 0) is 0 Å². The molecule has 9 aromatic carbocycles. The first kappa shape index (κ1) is 37.1. The minimum absolute atomic E-state index is 0.639. The third-order valence-corrected chi connectivity index (χ3v) is 13.0. The summed E-state index contributed by atoms with van der Waals surface area (Å²) in [6, 6.07) is 74.4. The van der Waals surface area contributed by atoms with E-state index in [1.807, 2.05) is 36.4 Å². The largest absolute Gasteiger partial charge is 0.456 e. The van der Waals surface area contributed by atoms with Gasteiger partial charge >= 0.3 is 0 Å². The Morgan fingerprint density at radius 3 is 1.51 bits per heavy atom. The molecule has 0 unspecified atom stereocenters. The SMILES string of the molecule is c1ccc(-c2cc(-c3ccccc3)cc(-n3c4ccccc4c4c5nsnc5c(-c5ccc6c(c5)oc5cc(-c7nc(-c8ccccc8)cc(-c8ccccc8)n7)ccc56)cc43)c2)cc1.